The molecule has 164 valence electrons. The molecule has 0 radical (unpaired) electrons. The number of ether oxygens (including phenoxy) is 1. The zero-order valence-corrected chi connectivity index (χ0v) is 18.2. The first-order valence-electron chi connectivity index (χ1n) is 10.9. The fourth-order valence-electron chi connectivity index (χ4n) is 4.15. The van der Waals surface area contributed by atoms with Gasteiger partial charge in [-0.1, -0.05) is 48.5 Å². The van der Waals surface area contributed by atoms with E-state index < -0.39 is 5.60 Å². The Bertz CT molecular complexity index is 1070. The van der Waals surface area contributed by atoms with Gasteiger partial charge in [0.1, 0.15) is 0 Å². The summed E-state index contributed by atoms with van der Waals surface area (Å²) in [6.45, 7) is 3.30. The van der Waals surface area contributed by atoms with Gasteiger partial charge in [0.2, 0.25) is 0 Å². The van der Waals surface area contributed by atoms with Gasteiger partial charge >= 0.3 is 0 Å². The van der Waals surface area contributed by atoms with Gasteiger partial charge in [-0.15, -0.1) is 0 Å². The molecule has 0 unspecified atom stereocenters. The highest BCUT2D eigenvalue weighted by molar-refractivity contribution is 5.95. The third kappa shape index (κ3) is 4.55. The van der Waals surface area contributed by atoms with Crippen molar-refractivity contribution in [3.05, 3.63) is 90.3 Å². The molecule has 6 nitrogen and oxygen atoms in total. The Morgan fingerprint density at radius 1 is 1.06 bits per heavy atom. The Morgan fingerprint density at radius 2 is 1.84 bits per heavy atom. The number of nitrogens with one attached hydrogen (secondary N) is 1. The summed E-state index contributed by atoms with van der Waals surface area (Å²) < 4.78 is 6.17. The van der Waals surface area contributed by atoms with Crippen LogP contribution < -0.4 is 5.32 Å². The normalized spacial score (nSPS) is 18.2. The van der Waals surface area contributed by atoms with Crippen LogP contribution in [-0.4, -0.2) is 53.5 Å². The number of carbonyl (C=O) groups is 2. The van der Waals surface area contributed by atoms with Crippen molar-refractivity contribution in [1.29, 1.82) is 0 Å². The molecule has 1 saturated heterocycles. The second kappa shape index (κ2) is 9.75. The highest BCUT2D eigenvalue weighted by Crippen LogP contribution is 2.30. The lowest BCUT2D eigenvalue weighted by molar-refractivity contribution is -0.157. The van der Waals surface area contributed by atoms with Gasteiger partial charge in [0.15, 0.2) is 5.60 Å². The van der Waals surface area contributed by atoms with Crippen molar-refractivity contribution in [3.63, 3.8) is 0 Å². The van der Waals surface area contributed by atoms with Gasteiger partial charge in [-0.2, -0.15) is 0 Å². The predicted molar refractivity (Wildman–Crippen MR) is 123 cm³/mol. The average Bonchev–Trinajstić information content (AvgIpc) is 2.85. The van der Waals surface area contributed by atoms with Gasteiger partial charge in [0.05, 0.1) is 13.2 Å². The second-order valence-electron chi connectivity index (χ2n) is 7.87. The minimum Gasteiger partial charge on any atom is -0.361 e. The molecule has 1 atom stereocenters. The van der Waals surface area contributed by atoms with E-state index in [0.717, 1.165) is 16.7 Å². The summed E-state index contributed by atoms with van der Waals surface area (Å²) in [5, 5.41) is 2.92. The number of pyridine rings is 1. The Balaban J connectivity index is 1.68. The van der Waals surface area contributed by atoms with Crippen LogP contribution >= 0.6 is 0 Å². The van der Waals surface area contributed by atoms with Gasteiger partial charge in [0, 0.05) is 43.0 Å². The van der Waals surface area contributed by atoms with E-state index in [1.165, 1.54) is 0 Å². The van der Waals surface area contributed by atoms with Crippen molar-refractivity contribution < 1.29 is 14.3 Å². The van der Waals surface area contributed by atoms with Gasteiger partial charge in [-0.05, 0) is 36.2 Å². The van der Waals surface area contributed by atoms with E-state index in [9.17, 15) is 9.59 Å². The summed E-state index contributed by atoms with van der Waals surface area (Å²) in [5.74, 6) is -0.297. The Morgan fingerprint density at radius 3 is 2.59 bits per heavy atom. The highest BCUT2D eigenvalue weighted by atomic mass is 16.5. The minimum absolute atomic E-state index is 0.0943. The van der Waals surface area contributed by atoms with E-state index in [2.05, 4.69) is 10.3 Å². The fraction of sp³-hybridized carbons (Fsp3) is 0.269. The summed E-state index contributed by atoms with van der Waals surface area (Å²) in [7, 11) is 0. The van der Waals surface area contributed by atoms with Crippen LogP contribution in [0.2, 0.25) is 0 Å². The van der Waals surface area contributed by atoms with Crippen LogP contribution in [0.4, 0.5) is 0 Å². The van der Waals surface area contributed by atoms with Crippen LogP contribution in [-0.2, 0) is 16.0 Å². The third-order valence-corrected chi connectivity index (χ3v) is 5.71. The lowest BCUT2D eigenvalue weighted by Crippen LogP contribution is -2.62. The number of likely N-dealkylation sites (N-methyl/N-ethyl adjacent to an activating group) is 1. The molecule has 0 aliphatic carbocycles. The molecule has 0 saturated carbocycles. The summed E-state index contributed by atoms with van der Waals surface area (Å²) in [5.41, 5.74) is 2.38. The van der Waals surface area contributed by atoms with E-state index in [1.54, 1.807) is 23.2 Å². The number of hydrogen-bond donors (Lipinski definition) is 1. The van der Waals surface area contributed by atoms with Gasteiger partial charge in [0.25, 0.3) is 11.8 Å². The number of hydrogen-bond acceptors (Lipinski definition) is 4. The van der Waals surface area contributed by atoms with E-state index >= 15 is 0 Å². The Labute approximate surface area is 188 Å². The standard InChI is InChI=1S/C26H27N3O3/c1-2-28-25(31)26(17-21-11-6-7-13-23(21)22-12-8-14-27-18-22)19-29(15-16-32-26)24(30)20-9-4-3-5-10-20/h3-14,18H,2,15-17,19H2,1H3,(H,28,31)/t26-/m0/s1. The summed E-state index contributed by atoms with van der Waals surface area (Å²) in [6.07, 6.45) is 3.90. The molecule has 1 aromatic heterocycles. The van der Waals surface area contributed by atoms with E-state index in [1.807, 2.05) is 67.7 Å². The predicted octanol–water partition coefficient (Wildman–Crippen LogP) is 3.34. The number of amides is 2. The summed E-state index contributed by atoms with van der Waals surface area (Å²) in [4.78, 5) is 32.4. The first-order chi connectivity index (χ1) is 15.6. The largest absolute Gasteiger partial charge is 0.361 e. The van der Waals surface area contributed by atoms with Crippen molar-refractivity contribution in [2.45, 2.75) is 18.9 Å². The van der Waals surface area contributed by atoms with Crippen LogP contribution in [0.25, 0.3) is 11.1 Å². The average molecular weight is 430 g/mol. The lowest BCUT2D eigenvalue weighted by atomic mass is 9.87. The Hall–Kier alpha value is -3.51. The molecule has 2 amide bonds. The quantitative estimate of drug-likeness (QED) is 0.652. The van der Waals surface area contributed by atoms with Crippen molar-refractivity contribution in [1.82, 2.24) is 15.2 Å². The third-order valence-electron chi connectivity index (χ3n) is 5.71. The SMILES string of the molecule is CCNC(=O)[C@]1(Cc2ccccc2-c2cccnc2)CN(C(=O)c2ccccc2)CCO1. The molecule has 1 N–H and O–H groups in total. The maximum Gasteiger partial charge on any atom is 0.254 e. The van der Waals surface area contributed by atoms with Gasteiger partial charge in [-0.25, -0.2) is 0 Å². The molecule has 2 heterocycles. The topological polar surface area (TPSA) is 71.5 Å². The molecule has 0 spiro atoms. The van der Waals surface area contributed by atoms with Crippen LogP contribution in [0.15, 0.2) is 79.1 Å². The fourth-order valence-corrected chi connectivity index (χ4v) is 4.15. The van der Waals surface area contributed by atoms with Crippen LogP contribution in [0, 0.1) is 0 Å². The zero-order valence-electron chi connectivity index (χ0n) is 18.2. The van der Waals surface area contributed by atoms with Crippen LogP contribution in [0.5, 0.6) is 0 Å². The molecule has 0 bridgehead atoms. The smallest absolute Gasteiger partial charge is 0.254 e. The minimum atomic E-state index is -1.17. The maximum absolute atomic E-state index is 13.3. The molecule has 1 fully saturated rings. The molecule has 6 heteroatoms. The van der Waals surface area contributed by atoms with Crippen LogP contribution in [0.3, 0.4) is 0 Å². The van der Waals surface area contributed by atoms with Crippen molar-refractivity contribution in [3.8, 4) is 11.1 Å². The first-order valence-corrected chi connectivity index (χ1v) is 10.9. The van der Waals surface area contributed by atoms with Crippen molar-refractivity contribution >= 4 is 11.8 Å². The van der Waals surface area contributed by atoms with E-state index in [0.29, 0.717) is 31.7 Å². The first kappa shape index (κ1) is 21.7. The molecular weight excluding hydrogens is 402 g/mol. The molecule has 32 heavy (non-hydrogen) atoms. The van der Waals surface area contributed by atoms with E-state index in [-0.39, 0.29) is 18.4 Å². The van der Waals surface area contributed by atoms with Gasteiger partial charge in [-0.3, -0.25) is 14.6 Å². The summed E-state index contributed by atoms with van der Waals surface area (Å²) >= 11 is 0. The maximum atomic E-state index is 13.3. The van der Waals surface area contributed by atoms with Crippen molar-refractivity contribution in [2.75, 3.05) is 26.2 Å². The van der Waals surface area contributed by atoms with Crippen LogP contribution in [0.1, 0.15) is 22.8 Å². The molecule has 1 aliphatic heterocycles. The molecule has 4 rings (SSSR count). The number of nitrogens with zero attached hydrogens (tertiary/aromatic N) is 2. The number of carbonyl (C=O) groups excluding carboxylic acids is 2. The molecule has 2 aromatic carbocycles. The highest BCUT2D eigenvalue weighted by Gasteiger charge is 2.45. The Kier molecular flexibility index (Phi) is 6.61. The van der Waals surface area contributed by atoms with Crippen molar-refractivity contribution in [2.24, 2.45) is 0 Å². The second-order valence-corrected chi connectivity index (χ2v) is 7.87. The molecule has 1 aliphatic rings. The van der Waals surface area contributed by atoms with E-state index in [4.69, 9.17) is 4.74 Å². The summed E-state index contributed by atoms with van der Waals surface area (Å²) in [6, 6.07) is 21.0. The molecule has 3 aromatic rings. The number of morpholine rings is 1. The lowest BCUT2D eigenvalue weighted by Gasteiger charge is -2.42. The number of benzene rings is 2. The molecular formula is C26H27N3O3. The number of rotatable bonds is 6. The monoisotopic (exact) mass is 429 g/mol. The number of aromatic nitrogens is 1. The van der Waals surface area contributed by atoms with Gasteiger partial charge < -0.3 is 15.0 Å². The zero-order chi connectivity index (χ0) is 22.4.